The van der Waals surface area contributed by atoms with Crippen molar-refractivity contribution >= 4 is 56.3 Å². The van der Waals surface area contributed by atoms with Crippen molar-refractivity contribution in [3.63, 3.8) is 0 Å². The topological polar surface area (TPSA) is 109 Å². The minimum atomic E-state index is -0.423. The van der Waals surface area contributed by atoms with Gasteiger partial charge in [-0.1, -0.05) is 43.7 Å². The number of rotatable bonds is 8. The Balaban J connectivity index is 1.32. The Kier molecular flexibility index (Phi) is 7.13. The molecule has 190 valence electrons. The number of nitro benzene ring substituents is 1. The molecule has 2 amide bonds. The molecule has 1 heterocycles. The first-order chi connectivity index (χ1) is 18.5. The Labute approximate surface area is 219 Å². The first-order valence-electron chi connectivity index (χ1n) is 12.5. The molecule has 0 aliphatic carbocycles. The van der Waals surface area contributed by atoms with Gasteiger partial charge in [-0.25, -0.2) is 9.78 Å². The summed E-state index contributed by atoms with van der Waals surface area (Å²) in [6.45, 7) is 2.17. The summed E-state index contributed by atoms with van der Waals surface area (Å²) in [4.78, 5) is 28.0. The highest BCUT2D eigenvalue weighted by Gasteiger charge is 2.13. The number of nitrogens with zero attached hydrogens (tertiary/aromatic N) is 2. The molecule has 0 radical (unpaired) electrons. The van der Waals surface area contributed by atoms with Gasteiger partial charge in [0.25, 0.3) is 5.69 Å². The van der Waals surface area contributed by atoms with Crippen molar-refractivity contribution in [2.75, 3.05) is 16.0 Å². The zero-order chi connectivity index (χ0) is 26.5. The number of amides is 2. The van der Waals surface area contributed by atoms with Gasteiger partial charge in [0, 0.05) is 40.0 Å². The maximum atomic E-state index is 12.5. The molecule has 0 atom stereocenters. The van der Waals surface area contributed by atoms with Crippen LogP contribution >= 0.6 is 0 Å². The van der Waals surface area contributed by atoms with Crippen LogP contribution in [0.25, 0.3) is 21.8 Å². The SMILES string of the molecule is CCCCc1ccc(NC(=O)Nc2ccc(Nc3c4ccccc4nc4cc([N+](=O)[O-])ccc34)cc2)cc1. The van der Waals surface area contributed by atoms with Gasteiger partial charge < -0.3 is 16.0 Å². The van der Waals surface area contributed by atoms with Crippen molar-refractivity contribution in [1.29, 1.82) is 0 Å². The highest BCUT2D eigenvalue weighted by Crippen LogP contribution is 2.34. The van der Waals surface area contributed by atoms with Crippen LogP contribution in [0.2, 0.25) is 0 Å². The summed E-state index contributed by atoms with van der Waals surface area (Å²) >= 11 is 0. The first kappa shape index (κ1) is 24.7. The number of non-ortho nitro benzene ring substituents is 1. The van der Waals surface area contributed by atoms with Crippen LogP contribution in [0.5, 0.6) is 0 Å². The van der Waals surface area contributed by atoms with Crippen LogP contribution in [0.1, 0.15) is 25.3 Å². The zero-order valence-electron chi connectivity index (χ0n) is 20.9. The Morgan fingerprint density at radius 1 is 0.816 bits per heavy atom. The van der Waals surface area contributed by atoms with Gasteiger partial charge in [0.1, 0.15) is 0 Å². The number of hydrogen-bond acceptors (Lipinski definition) is 5. The standard InChI is InChI=1S/C30H27N5O3/c1-2-3-6-20-9-11-22(12-10-20)32-30(36)33-23-15-13-21(14-16-23)31-29-25-7-4-5-8-27(25)34-28-19-24(35(37)38)17-18-26(28)29/h4-5,7-19H,2-3,6H2,1H3,(H,31,34)(H2,32,33,36). The number of anilines is 4. The van der Waals surface area contributed by atoms with Crippen LogP contribution in [0.4, 0.5) is 33.2 Å². The van der Waals surface area contributed by atoms with E-state index in [1.54, 1.807) is 6.07 Å². The Morgan fingerprint density at radius 2 is 1.45 bits per heavy atom. The third-order valence-electron chi connectivity index (χ3n) is 6.32. The van der Waals surface area contributed by atoms with E-state index in [4.69, 9.17) is 0 Å². The summed E-state index contributed by atoms with van der Waals surface area (Å²) in [5, 5.41) is 22.1. The number of fused-ring (bicyclic) bond motifs is 2. The van der Waals surface area contributed by atoms with Gasteiger partial charge in [-0.2, -0.15) is 0 Å². The van der Waals surface area contributed by atoms with Crippen molar-refractivity contribution < 1.29 is 9.72 Å². The van der Waals surface area contributed by atoms with Crippen molar-refractivity contribution in [2.45, 2.75) is 26.2 Å². The number of nitro groups is 1. The molecule has 1 aromatic heterocycles. The molecule has 0 fully saturated rings. The van der Waals surface area contributed by atoms with E-state index in [1.807, 2.05) is 72.8 Å². The first-order valence-corrected chi connectivity index (χ1v) is 12.5. The average molecular weight is 506 g/mol. The van der Waals surface area contributed by atoms with Crippen LogP contribution in [0.15, 0.2) is 91.0 Å². The quantitative estimate of drug-likeness (QED) is 0.112. The lowest BCUT2D eigenvalue weighted by molar-refractivity contribution is -0.384. The largest absolute Gasteiger partial charge is 0.354 e. The van der Waals surface area contributed by atoms with E-state index in [-0.39, 0.29) is 11.7 Å². The Morgan fingerprint density at radius 3 is 2.13 bits per heavy atom. The summed E-state index contributed by atoms with van der Waals surface area (Å²) in [6.07, 6.45) is 3.33. The van der Waals surface area contributed by atoms with Crippen molar-refractivity contribution in [1.82, 2.24) is 4.98 Å². The van der Waals surface area contributed by atoms with Crippen LogP contribution in [0.3, 0.4) is 0 Å². The van der Waals surface area contributed by atoms with Gasteiger partial charge in [0.2, 0.25) is 0 Å². The number of aryl methyl sites for hydroxylation is 1. The normalized spacial score (nSPS) is 10.9. The molecule has 0 saturated heterocycles. The molecule has 8 heteroatoms. The fraction of sp³-hybridized carbons (Fsp3) is 0.133. The fourth-order valence-corrected chi connectivity index (χ4v) is 4.34. The molecule has 0 aliphatic rings. The monoisotopic (exact) mass is 505 g/mol. The minimum Gasteiger partial charge on any atom is -0.354 e. The van der Waals surface area contributed by atoms with Gasteiger partial charge in [-0.3, -0.25) is 10.1 Å². The molecule has 0 bridgehead atoms. The Hall–Kier alpha value is -4.98. The molecular weight excluding hydrogens is 478 g/mol. The van der Waals surface area contributed by atoms with Crippen LogP contribution in [-0.4, -0.2) is 15.9 Å². The number of nitrogens with one attached hydrogen (secondary N) is 3. The molecule has 38 heavy (non-hydrogen) atoms. The van der Waals surface area contributed by atoms with Crippen LogP contribution < -0.4 is 16.0 Å². The summed E-state index contributed by atoms with van der Waals surface area (Å²) in [5.74, 6) is 0. The average Bonchev–Trinajstić information content (AvgIpc) is 2.93. The zero-order valence-corrected chi connectivity index (χ0v) is 20.9. The van der Waals surface area contributed by atoms with Crippen molar-refractivity contribution in [3.8, 4) is 0 Å². The number of para-hydroxylation sites is 1. The van der Waals surface area contributed by atoms with Gasteiger partial charge >= 0.3 is 6.03 Å². The van der Waals surface area contributed by atoms with Crippen molar-refractivity contribution in [3.05, 3.63) is 107 Å². The maximum absolute atomic E-state index is 12.5. The van der Waals surface area contributed by atoms with Gasteiger partial charge in [0.05, 0.1) is 21.6 Å². The summed E-state index contributed by atoms with van der Waals surface area (Å²) in [6, 6.07) is 27.3. The number of aromatic nitrogens is 1. The molecule has 0 aliphatic heterocycles. The van der Waals surface area contributed by atoms with Gasteiger partial charge in [-0.05, 0) is 66.9 Å². The third kappa shape index (κ3) is 5.54. The highest BCUT2D eigenvalue weighted by atomic mass is 16.6. The predicted molar refractivity (Wildman–Crippen MR) is 153 cm³/mol. The highest BCUT2D eigenvalue weighted by molar-refractivity contribution is 6.09. The minimum absolute atomic E-state index is 0.00706. The van der Waals surface area contributed by atoms with Crippen molar-refractivity contribution in [2.24, 2.45) is 0 Å². The van der Waals surface area contributed by atoms with Crippen LogP contribution in [0, 0.1) is 10.1 Å². The second-order valence-corrected chi connectivity index (χ2v) is 9.04. The molecule has 0 saturated carbocycles. The van der Waals surface area contributed by atoms with Gasteiger partial charge in [-0.15, -0.1) is 0 Å². The van der Waals surface area contributed by atoms with E-state index in [0.29, 0.717) is 11.2 Å². The molecular formula is C30H27N5O3. The number of benzene rings is 4. The van der Waals surface area contributed by atoms with E-state index in [0.717, 1.165) is 52.6 Å². The lowest BCUT2D eigenvalue weighted by Crippen LogP contribution is -2.19. The molecule has 8 nitrogen and oxygen atoms in total. The summed E-state index contributed by atoms with van der Waals surface area (Å²) in [7, 11) is 0. The molecule has 5 aromatic rings. The number of carbonyl (C=O) groups excluding carboxylic acids is 1. The maximum Gasteiger partial charge on any atom is 0.323 e. The van der Waals surface area contributed by atoms with E-state index >= 15 is 0 Å². The van der Waals surface area contributed by atoms with E-state index in [9.17, 15) is 14.9 Å². The lowest BCUT2D eigenvalue weighted by atomic mass is 10.1. The number of hydrogen-bond donors (Lipinski definition) is 3. The fourth-order valence-electron chi connectivity index (χ4n) is 4.34. The third-order valence-corrected chi connectivity index (χ3v) is 6.32. The molecule has 0 spiro atoms. The molecule has 4 aromatic carbocycles. The smallest absolute Gasteiger partial charge is 0.323 e. The number of pyridine rings is 1. The van der Waals surface area contributed by atoms with Gasteiger partial charge in [0.15, 0.2) is 0 Å². The van der Waals surface area contributed by atoms with E-state index in [1.165, 1.54) is 17.7 Å². The Bertz CT molecular complexity index is 1620. The molecule has 5 rings (SSSR count). The molecule has 0 unspecified atom stereocenters. The second kappa shape index (κ2) is 11.0. The van der Waals surface area contributed by atoms with E-state index in [2.05, 4.69) is 27.9 Å². The van der Waals surface area contributed by atoms with E-state index < -0.39 is 4.92 Å². The van der Waals surface area contributed by atoms with Crippen LogP contribution in [-0.2, 0) is 6.42 Å². The molecule has 3 N–H and O–H groups in total. The second-order valence-electron chi connectivity index (χ2n) is 9.04. The summed E-state index contributed by atoms with van der Waals surface area (Å²) in [5.41, 5.74) is 5.51. The number of unbranched alkanes of at least 4 members (excludes halogenated alkanes) is 1. The number of urea groups is 1. The summed E-state index contributed by atoms with van der Waals surface area (Å²) < 4.78 is 0. The predicted octanol–water partition coefficient (Wildman–Crippen LogP) is 8.03. The number of carbonyl (C=O) groups is 1. The lowest BCUT2D eigenvalue weighted by Gasteiger charge is -2.14.